The van der Waals surface area contributed by atoms with Crippen molar-refractivity contribution in [2.45, 2.75) is 270 Å². The van der Waals surface area contributed by atoms with E-state index in [-0.39, 0.29) is 0 Å². The molecule has 4 aromatic carbocycles. The van der Waals surface area contributed by atoms with Crippen LogP contribution in [0, 0.1) is 0 Å². The predicted molar refractivity (Wildman–Crippen MR) is 308 cm³/mol. The lowest BCUT2D eigenvalue weighted by Gasteiger charge is -2.43. The Balaban J connectivity index is 1.55. The molecular formula is C66H96P2. The molecule has 4 aliphatic carbocycles. The van der Waals surface area contributed by atoms with Gasteiger partial charge in [-0.15, -0.1) is 0 Å². The minimum Gasteiger partial charge on any atom is -0.0676 e. The Morgan fingerprint density at radius 3 is 0.765 bits per heavy atom. The number of hydrogen-bond donors (Lipinski definition) is 0. The molecule has 4 aromatic rings. The van der Waals surface area contributed by atoms with Gasteiger partial charge in [0.1, 0.15) is 0 Å². The van der Waals surface area contributed by atoms with Crippen LogP contribution >= 0.6 is 15.8 Å². The summed E-state index contributed by atoms with van der Waals surface area (Å²) >= 11 is 0. The van der Waals surface area contributed by atoms with Crippen LogP contribution < -0.4 is 10.6 Å². The second kappa shape index (κ2) is 23.5. The maximum Gasteiger partial charge on any atom is -0.00783 e. The molecule has 0 saturated heterocycles. The third kappa shape index (κ3) is 11.2. The molecule has 4 saturated carbocycles. The van der Waals surface area contributed by atoms with Crippen LogP contribution in [0.2, 0.25) is 0 Å². The Kier molecular flexibility index (Phi) is 18.0. The maximum absolute atomic E-state index is 2.72. The normalized spacial score (nSPS) is 18.8. The quantitative estimate of drug-likeness (QED) is 0.104. The fourth-order valence-corrected chi connectivity index (χ4v) is 22.0. The molecular weight excluding hydrogens is 855 g/mol. The highest BCUT2D eigenvalue weighted by atomic mass is 31.1. The molecule has 0 aliphatic heterocycles. The molecule has 68 heavy (non-hydrogen) atoms. The Morgan fingerprint density at radius 2 is 0.544 bits per heavy atom. The van der Waals surface area contributed by atoms with Crippen molar-refractivity contribution < 1.29 is 0 Å². The molecule has 0 atom stereocenters. The van der Waals surface area contributed by atoms with Crippen molar-refractivity contribution >= 4 is 26.5 Å². The van der Waals surface area contributed by atoms with E-state index >= 15 is 0 Å². The molecule has 0 aromatic heterocycles. The Morgan fingerprint density at radius 1 is 0.309 bits per heavy atom. The van der Waals surface area contributed by atoms with Gasteiger partial charge >= 0.3 is 0 Å². The summed E-state index contributed by atoms with van der Waals surface area (Å²) in [5, 5.41) is 3.68. The third-order valence-electron chi connectivity index (χ3n) is 17.6. The Labute approximate surface area is 421 Å². The van der Waals surface area contributed by atoms with Gasteiger partial charge in [-0.3, -0.25) is 0 Å². The standard InChI is InChI=1S/C66H96P2/c1-43(2)49-39-59(45(5)6)63(60(40-49)46(7)8)57-37-25-35-55(65(57)67(51-27-17-13-18-28-51)52-29-19-14-20-30-52)56-36-26-38-58(64-61(47(9)10)41-50(44(3)4)42-62(64)48(11)12)66(56)68(53-31-21-15-22-32-53)54-33-23-16-24-34-54/h25-26,35-48,51-54H,13-24,27-34H2,1-12H3. The topological polar surface area (TPSA) is 0 Å². The van der Waals surface area contributed by atoms with Crippen LogP contribution in [0.4, 0.5) is 0 Å². The molecule has 4 fully saturated rings. The van der Waals surface area contributed by atoms with Crippen LogP contribution in [0.3, 0.4) is 0 Å². The van der Waals surface area contributed by atoms with E-state index in [1.165, 1.54) is 140 Å². The SMILES string of the molecule is CC(C)c1cc(C(C)C)c(-c2cccc(-c3cccc(-c4c(C(C)C)cc(C(C)C)cc4C(C)C)c3P(C3CCCCC3)C3CCCCC3)c2P(C2CCCCC2)C2CCCCC2)c(C(C)C)c1. The van der Waals surface area contributed by atoms with Crippen LogP contribution in [-0.4, -0.2) is 22.6 Å². The van der Waals surface area contributed by atoms with Crippen molar-refractivity contribution in [3.05, 3.63) is 94.0 Å². The molecule has 2 heteroatoms. The van der Waals surface area contributed by atoms with Gasteiger partial charge < -0.3 is 0 Å². The van der Waals surface area contributed by atoms with Gasteiger partial charge in [-0.05, 0) is 187 Å². The van der Waals surface area contributed by atoms with Crippen molar-refractivity contribution in [2.75, 3.05) is 0 Å². The second-order valence-corrected chi connectivity index (χ2v) is 29.9. The van der Waals surface area contributed by atoms with E-state index in [0.717, 1.165) is 22.6 Å². The molecule has 0 amide bonds. The van der Waals surface area contributed by atoms with Crippen LogP contribution in [0.1, 0.15) is 280 Å². The van der Waals surface area contributed by atoms with E-state index in [1.807, 2.05) is 10.6 Å². The molecule has 0 bridgehead atoms. The van der Waals surface area contributed by atoms with Gasteiger partial charge in [0, 0.05) is 0 Å². The zero-order chi connectivity index (χ0) is 48.2. The van der Waals surface area contributed by atoms with E-state index in [9.17, 15) is 0 Å². The number of benzene rings is 4. The van der Waals surface area contributed by atoms with Gasteiger partial charge in [-0.25, -0.2) is 0 Å². The summed E-state index contributed by atoms with van der Waals surface area (Å²) < 4.78 is 0. The van der Waals surface area contributed by atoms with Crippen molar-refractivity contribution in [3.8, 4) is 33.4 Å². The van der Waals surface area contributed by atoms with Gasteiger partial charge in [0.2, 0.25) is 0 Å². The molecule has 8 rings (SSSR count). The minimum atomic E-state index is -0.426. The van der Waals surface area contributed by atoms with Gasteiger partial charge in [-0.1, -0.05) is 237 Å². The first-order valence-electron chi connectivity index (χ1n) is 29.0. The van der Waals surface area contributed by atoms with E-state index < -0.39 is 15.8 Å². The van der Waals surface area contributed by atoms with E-state index in [1.54, 1.807) is 55.6 Å². The lowest BCUT2D eigenvalue weighted by molar-refractivity contribution is 0.487. The molecule has 0 nitrogen and oxygen atoms in total. The molecule has 0 spiro atoms. The summed E-state index contributed by atoms with van der Waals surface area (Å²) in [6.45, 7) is 29.6. The molecule has 370 valence electrons. The molecule has 0 N–H and O–H groups in total. The van der Waals surface area contributed by atoms with Gasteiger partial charge in [0.15, 0.2) is 0 Å². The Bertz CT molecular complexity index is 2010. The summed E-state index contributed by atoms with van der Waals surface area (Å²) in [6, 6.07) is 26.6. The highest BCUT2D eigenvalue weighted by Crippen LogP contribution is 2.62. The summed E-state index contributed by atoms with van der Waals surface area (Å²) in [5.41, 5.74) is 22.5. The lowest BCUT2D eigenvalue weighted by atomic mass is 9.80. The number of hydrogen-bond acceptors (Lipinski definition) is 0. The average molecular weight is 951 g/mol. The first-order valence-corrected chi connectivity index (χ1v) is 31.9. The van der Waals surface area contributed by atoms with Crippen LogP contribution in [0.25, 0.3) is 33.4 Å². The summed E-state index contributed by atoms with van der Waals surface area (Å²) in [5.74, 6) is 2.84. The summed E-state index contributed by atoms with van der Waals surface area (Å²) in [7, 11) is -0.853. The van der Waals surface area contributed by atoms with Crippen molar-refractivity contribution in [3.63, 3.8) is 0 Å². The predicted octanol–water partition coefficient (Wildman–Crippen LogP) is 21.0. The van der Waals surface area contributed by atoms with Crippen LogP contribution in [0.5, 0.6) is 0 Å². The highest BCUT2D eigenvalue weighted by Gasteiger charge is 2.40. The monoisotopic (exact) mass is 951 g/mol. The number of rotatable bonds is 15. The van der Waals surface area contributed by atoms with Crippen molar-refractivity contribution in [1.82, 2.24) is 0 Å². The first kappa shape index (κ1) is 52.1. The van der Waals surface area contributed by atoms with Crippen LogP contribution in [-0.2, 0) is 0 Å². The first-order chi connectivity index (χ1) is 32.8. The zero-order valence-corrected chi connectivity index (χ0v) is 47.4. The van der Waals surface area contributed by atoms with Gasteiger partial charge in [0.25, 0.3) is 0 Å². The van der Waals surface area contributed by atoms with Crippen molar-refractivity contribution in [2.24, 2.45) is 0 Å². The summed E-state index contributed by atoms with van der Waals surface area (Å²) in [6.07, 6.45) is 28.5. The maximum atomic E-state index is 2.72. The molecule has 0 radical (unpaired) electrons. The average Bonchev–Trinajstić information content (AvgIpc) is 3.34. The van der Waals surface area contributed by atoms with Crippen LogP contribution in [0.15, 0.2) is 60.7 Å². The fraction of sp³-hybridized carbons (Fsp3) is 0.636. The minimum absolute atomic E-state index is 0.426. The largest absolute Gasteiger partial charge is 0.0676 e. The zero-order valence-electron chi connectivity index (χ0n) is 45.6. The molecule has 0 heterocycles. The summed E-state index contributed by atoms with van der Waals surface area (Å²) in [4.78, 5) is 0. The van der Waals surface area contributed by atoms with Gasteiger partial charge in [0.05, 0.1) is 0 Å². The van der Waals surface area contributed by atoms with E-state index in [2.05, 4.69) is 144 Å². The fourth-order valence-electron chi connectivity index (χ4n) is 13.8. The highest BCUT2D eigenvalue weighted by molar-refractivity contribution is 7.68. The molecule has 0 unspecified atom stereocenters. The smallest absolute Gasteiger partial charge is 0.00783 e. The second-order valence-electron chi connectivity index (χ2n) is 24.5. The third-order valence-corrected chi connectivity index (χ3v) is 24.8. The Hall–Kier alpha value is -2.26. The van der Waals surface area contributed by atoms with Gasteiger partial charge in [-0.2, -0.15) is 0 Å². The van der Waals surface area contributed by atoms with Crippen molar-refractivity contribution in [1.29, 1.82) is 0 Å². The molecule has 4 aliphatic rings. The van der Waals surface area contributed by atoms with E-state index in [4.69, 9.17) is 0 Å². The lowest BCUT2D eigenvalue weighted by Crippen LogP contribution is -2.31. The van der Waals surface area contributed by atoms with E-state index in [0.29, 0.717) is 35.5 Å².